The molecule has 0 radical (unpaired) electrons. The molecular formula is C18H37N3O. The van der Waals surface area contributed by atoms with E-state index in [-0.39, 0.29) is 0 Å². The second kappa shape index (κ2) is 12.9. The molecule has 0 aromatic carbocycles. The highest BCUT2D eigenvalue weighted by Gasteiger charge is 2.14. The highest BCUT2D eigenvalue weighted by molar-refractivity contribution is 5.84. The van der Waals surface area contributed by atoms with Crippen molar-refractivity contribution in [3.05, 3.63) is 0 Å². The van der Waals surface area contributed by atoms with Crippen LogP contribution in [0, 0.1) is 0 Å². The van der Waals surface area contributed by atoms with E-state index in [9.17, 15) is 0 Å². The van der Waals surface area contributed by atoms with Crippen LogP contribution in [0.2, 0.25) is 0 Å². The summed E-state index contributed by atoms with van der Waals surface area (Å²) in [5.74, 6) is 0. The maximum Gasteiger partial charge on any atom is 0.0596 e. The van der Waals surface area contributed by atoms with Crippen molar-refractivity contribution in [2.24, 2.45) is 5.16 Å². The summed E-state index contributed by atoms with van der Waals surface area (Å²) in [7, 11) is 0. The molecule has 4 nitrogen and oxygen atoms in total. The van der Waals surface area contributed by atoms with Gasteiger partial charge in [0.25, 0.3) is 0 Å². The van der Waals surface area contributed by atoms with Crippen molar-refractivity contribution in [2.45, 2.75) is 71.6 Å². The lowest BCUT2D eigenvalue weighted by Crippen LogP contribution is -2.34. The van der Waals surface area contributed by atoms with Crippen molar-refractivity contribution >= 4 is 5.71 Å². The number of oxime groups is 1. The summed E-state index contributed by atoms with van der Waals surface area (Å²) in [6.45, 7) is 11.8. The highest BCUT2D eigenvalue weighted by Crippen LogP contribution is 2.09. The first kappa shape index (κ1) is 19.4. The topological polar surface area (TPSA) is 39.1 Å². The van der Waals surface area contributed by atoms with Gasteiger partial charge in [-0.3, -0.25) is 0 Å². The molecule has 1 aliphatic rings. The second-order valence-electron chi connectivity index (χ2n) is 6.62. The fourth-order valence-corrected chi connectivity index (χ4v) is 3.08. The summed E-state index contributed by atoms with van der Waals surface area (Å²) in [5, 5.41) is 12.1. The predicted molar refractivity (Wildman–Crippen MR) is 95.0 cm³/mol. The van der Waals surface area contributed by atoms with Crippen LogP contribution in [0.15, 0.2) is 5.16 Å². The van der Waals surface area contributed by atoms with Gasteiger partial charge in [0.15, 0.2) is 0 Å². The van der Waals surface area contributed by atoms with Crippen LogP contribution >= 0.6 is 0 Å². The first-order valence-corrected chi connectivity index (χ1v) is 9.44. The van der Waals surface area contributed by atoms with Crippen LogP contribution in [0.25, 0.3) is 0 Å². The molecule has 1 rings (SSSR count). The molecule has 0 aliphatic carbocycles. The molecule has 1 fully saturated rings. The zero-order valence-electron chi connectivity index (χ0n) is 14.9. The normalized spacial score (nSPS) is 16.4. The van der Waals surface area contributed by atoms with Crippen LogP contribution in [0.3, 0.4) is 0 Å². The molecule has 0 amide bonds. The average Bonchev–Trinajstić information content (AvgIpc) is 2.56. The highest BCUT2D eigenvalue weighted by atomic mass is 16.4. The number of nitrogens with zero attached hydrogens (tertiary/aromatic N) is 3. The average molecular weight is 312 g/mol. The maximum absolute atomic E-state index is 8.76. The molecule has 0 aromatic heterocycles. The van der Waals surface area contributed by atoms with E-state index in [1.54, 1.807) is 0 Å². The van der Waals surface area contributed by atoms with Gasteiger partial charge in [0.1, 0.15) is 0 Å². The largest absolute Gasteiger partial charge is 0.411 e. The molecule has 0 unspecified atom stereocenters. The van der Waals surface area contributed by atoms with Crippen LogP contribution in [0.5, 0.6) is 0 Å². The van der Waals surface area contributed by atoms with Gasteiger partial charge in [-0.2, -0.15) is 0 Å². The number of likely N-dealkylation sites (tertiary alicyclic amines) is 1. The third kappa shape index (κ3) is 8.74. The van der Waals surface area contributed by atoms with Crippen LogP contribution < -0.4 is 0 Å². The lowest BCUT2D eigenvalue weighted by molar-refractivity contribution is 0.243. The first-order valence-electron chi connectivity index (χ1n) is 9.44. The maximum atomic E-state index is 8.76. The van der Waals surface area contributed by atoms with Gasteiger partial charge in [0.05, 0.1) is 5.71 Å². The monoisotopic (exact) mass is 311 g/mol. The van der Waals surface area contributed by atoms with Crippen molar-refractivity contribution < 1.29 is 5.21 Å². The zero-order chi connectivity index (χ0) is 16.0. The molecule has 4 heteroatoms. The Morgan fingerprint density at radius 3 is 2.05 bits per heavy atom. The van der Waals surface area contributed by atoms with Crippen molar-refractivity contribution in [1.29, 1.82) is 0 Å². The van der Waals surface area contributed by atoms with Crippen LogP contribution in [-0.4, -0.2) is 60.0 Å². The molecule has 0 atom stereocenters. The Labute approximate surface area is 137 Å². The van der Waals surface area contributed by atoms with E-state index in [2.05, 4.69) is 28.8 Å². The Hall–Kier alpha value is -0.610. The third-order valence-electron chi connectivity index (χ3n) is 4.68. The Balaban J connectivity index is 2.04. The Kier molecular flexibility index (Phi) is 11.4. The number of unbranched alkanes of at least 4 members (excludes halogenated alkanes) is 4. The molecule has 1 aliphatic heterocycles. The SMILES string of the molecule is CCCCN(CCCC)CCCCCN1CCC(=NO)CC1. The quantitative estimate of drug-likeness (QED) is 0.336. The lowest BCUT2D eigenvalue weighted by Gasteiger charge is -2.27. The van der Waals surface area contributed by atoms with Gasteiger partial charge >= 0.3 is 0 Å². The van der Waals surface area contributed by atoms with Gasteiger partial charge in [0, 0.05) is 25.9 Å². The molecule has 0 aromatic rings. The Morgan fingerprint density at radius 1 is 0.909 bits per heavy atom. The number of hydrogen-bond donors (Lipinski definition) is 1. The van der Waals surface area contributed by atoms with Crippen LogP contribution in [0.1, 0.15) is 71.6 Å². The second-order valence-corrected chi connectivity index (χ2v) is 6.62. The van der Waals surface area contributed by atoms with E-state index in [0.717, 1.165) is 31.6 Å². The van der Waals surface area contributed by atoms with E-state index >= 15 is 0 Å². The third-order valence-corrected chi connectivity index (χ3v) is 4.68. The standard InChI is InChI=1S/C18H37N3O/c1-3-5-12-20(13-6-4-2)14-8-7-9-15-21-16-10-18(19-22)11-17-21/h22H,3-17H2,1-2H3. The van der Waals surface area contributed by atoms with Crippen LogP contribution in [0.4, 0.5) is 0 Å². The number of piperidine rings is 1. The molecule has 1 heterocycles. The number of rotatable bonds is 12. The van der Waals surface area contributed by atoms with E-state index in [0.29, 0.717) is 0 Å². The van der Waals surface area contributed by atoms with E-state index < -0.39 is 0 Å². The van der Waals surface area contributed by atoms with Crippen LogP contribution in [-0.2, 0) is 0 Å². The minimum Gasteiger partial charge on any atom is -0.411 e. The summed E-state index contributed by atoms with van der Waals surface area (Å²) < 4.78 is 0. The fraction of sp³-hybridized carbons (Fsp3) is 0.944. The smallest absolute Gasteiger partial charge is 0.0596 e. The summed E-state index contributed by atoms with van der Waals surface area (Å²) in [6, 6.07) is 0. The minimum atomic E-state index is 0.943. The van der Waals surface area contributed by atoms with Gasteiger partial charge < -0.3 is 15.0 Å². The van der Waals surface area contributed by atoms with E-state index in [1.165, 1.54) is 71.1 Å². The minimum absolute atomic E-state index is 0.943. The predicted octanol–water partition coefficient (Wildman–Crippen LogP) is 3.98. The van der Waals surface area contributed by atoms with Gasteiger partial charge in [-0.25, -0.2) is 0 Å². The Morgan fingerprint density at radius 2 is 1.50 bits per heavy atom. The van der Waals surface area contributed by atoms with Gasteiger partial charge in [-0.05, 0) is 51.9 Å². The summed E-state index contributed by atoms with van der Waals surface area (Å²) in [6.07, 6.45) is 11.2. The van der Waals surface area contributed by atoms with Crippen molar-refractivity contribution in [1.82, 2.24) is 9.80 Å². The molecule has 22 heavy (non-hydrogen) atoms. The molecule has 0 spiro atoms. The zero-order valence-corrected chi connectivity index (χ0v) is 14.9. The summed E-state index contributed by atoms with van der Waals surface area (Å²) >= 11 is 0. The van der Waals surface area contributed by atoms with Crippen molar-refractivity contribution in [3.63, 3.8) is 0 Å². The molecule has 0 bridgehead atoms. The molecule has 1 saturated heterocycles. The molecule has 0 saturated carbocycles. The number of hydrogen-bond acceptors (Lipinski definition) is 4. The fourth-order valence-electron chi connectivity index (χ4n) is 3.08. The van der Waals surface area contributed by atoms with E-state index in [1.807, 2.05) is 0 Å². The molecular weight excluding hydrogens is 274 g/mol. The van der Waals surface area contributed by atoms with Crippen molar-refractivity contribution in [3.8, 4) is 0 Å². The molecule has 1 N–H and O–H groups in total. The van der Waals surface area contributed by atoms with Gasteiger partial charge in [-0.1, -0.05) is 38.3 Å². The van der Waals surface area contributed by atoms with Crippen molar-refractivity contribution in [2.75, 3.05) is 39.3 Å². The van der Waals surface area contributed by atoms with Gasteiger partial charge in [0.2, 0.25) is 0 Å². The summed E-state index contributed by atoms with van der Waals surface area (Å²) in [4.78, 5) is 5.18. The summed E-state index contributed by atoms with van der Waals surface area (Å²) in [5.41, 5.74) is 0.971. The van der Waals surface area contributed by atoms with E-state index in [4.69, 9.17) is 5.21 Å². The molecule has 130 valence electrons. The lowest BCUT2D eigenvalue weighted by atomic mass is 10.1. The Bertz CT molecular complexity index is 276. The first-order chi connectivity index (χ1) is 10.8. The van der Waals surface area contributed by atoms with Gasteiger partial charge in [-0.15, -0.1) is 0 Å².